The second-order valence-electron chi connectivity index (χ2n) is 5.05. The first-order valence-corrected chi connectivity index (χ1v) is 7.49. The summed E-state index contributed by atoms with van der Waals surface area (Å²) in [5.41, 5.74) is 0. The fourth-order valence-electron chi connectivity index (χ4n) is 2.50. The minimum absolute atomic E-state index is 0.1000. The van der Waals surface area contributed by atoms with E-state index in [2.05, 4.69) is 10.6 Å². The standard InChI is InChI=1S/C14H27N3O2/c1-3-17(4-2)13(18)10-11-15-14(19)16-12-8-6-5-7-9-12/h12H,3-11H2,1-2H3,(H2,15,16,19). The molecule has 1 aliphatic rings. The molecule has 0 aromatic rings. The van der Waals surface area contributed by atoms with Crippen LogP contribution in [0.4, 0.5) is 4.79 Å². The van der Waals surface area contributed by atoms with Crippen LogP contribution in [0.5, 0.6) is 0 Å². The zero-order valence-electron chi connectivity index (χ0n) is 12.2. The summed E-state index contributed by atoms with van der Waals surface area (Å²) < 4.78 is 0. The highest BCUT2D eigenvalue weighted by molar-refractivity contribution is 5.78. The molecule has 2 N–H and O–H groups in total. The maximum Gasteiger partial charge on any atom is 0.315 e. The van der Waals surface area contributed by atoms with Crippen LogP contribution in [-0.2, 0) is 4.79 Å². The van der Waals surface area contributed by atoms with Gasteiger partial charge in [0.1, 0.15) is 0 Å². The molecule has 0 heterocycles. The topological polar surface area (TPSA) is 61.4 Å². The zero-order chi connectivity index (χ0) is 14.1. The first-order valence-electron chi connectivity index (χ1n) is 7.49. The molecule has 1 fully saturated rings. The molecule has 5 heteroatoms. The van der Waals surface area contributed by atoms with E-state index in [4.69, 9.17) is 0 Å². The predicted molar refractivity (Wildman–Crippen MR) is 76.0 cm³/mol. The maximum atomic E-state index is 11.7. The van der Waals surface area contributed by atoms with Crippen LogP contribution in [0.25, 0.3) is 0 Å². The Morgan fingerprint density at radius 2 is 1.74 bits per heavy atom. The van der Waals surface area contributed by atoms with Gasteiger partial charge >= 0.3 is 6.03 Å². The molecule has 0 atom stereocenters. The van der Waals surface area contributed by atoms with Gasteiger partial charge in [-0.2, -0.15) is 0 Å². The first kappa shape index (κ1) is 15.8. The highest BCUT2D eigenvalue weighted by Crippen LogP contribution is 2.17. The lowest BCUT2D eigenvalue weighted by molar-refractivity contribution is -0.130. The highest BCUT2D eigenvalue weighted by atomic mass is 16.2. The average molecular weight is 269 g/mol. The van der Waals surface area contributed by atoms with Crippen molar-refractivity contribution in [2.24, 2.45) is 0 Å². The molecule has 0 aromatic heterocycles. The number of hydrogen-bond donors (Lipinski definition) is 2. The molecule has 1 saturated carbocycles. The number of amides is 3. The summed E-state index contributed by atoms with van der Waals surface area (Å²) in [7, 11) is 0. The predicted octanol–water partition coefficient (Wildman–Crippen LogP) is 1.88. The van der Waals surface area contributed by atoms with Crippen LogP contribution in [0.1, 0.15) is 52.4 Å². The highest BCUT2D eigenvalue weighted by Gasteiger charge is 2.15. The third-order valence-corrected chi connectivity index (χ3v) is 3.68. The van der Waals surface area contributed by atoms with E-state index in [-0.39, 0.29) is 11.9 Å². The molecule has 0 spiro atoms. The summed E-state index contributed by atoms with van der Waals surface area (Å²) in [6.45, 7) is 5.79. The van der Waals surface area contributed by atoms with E-state index in [1.54, 1.807) is 4.90 Å². The number of rotatable bonds is 6. The first-order chi connectivity index (χ1) is 9.17. The number of nitrogens with one attached hydrogen (secondary N) is 2. The van der Waals surface area contributed by atoms with Crippen LogP contribution in [-0.4, -0.2) is 42.5 Å². The van der Waals surface area contributed by atoms with E-state index in [0.29, 0.717) is 19.0 Å². The Hall–Kier alpha value is -1.26. The van der Waals surface area contributed by atoms with Crippen LogP contribution >= 0.6 is 0 Å². The monoisotopic (exact) mass is 269 g/mol. The fraction of sp³-hybridized carbons (Fsp3) is 0.857. The number of carbonyl (C=O) groups excluding carboxylic acids is 2. The van der Waals surface area contributed by atoms with E-state index < -0.39 is 0 Å². The van der Waals surface area contributed by atoms with Gasteiger partial charge in [0.25, 0.3) is 0 Å². The molecule has 19 heavy (non-hydrogen) atoms. The van der Waals surface area contributed by atoms with Gasteiger partial charge in [-0.15, -0.1) is 0 Å². The molecular formula is C14H27N3O2. The van der Waals surface area contributed by atoms with Crippen LogP contribution < -0.4 is 10.6 Å². The third kappa shape index (κ3) is 5.94. The molecule has 5 nitrogen and oxygen atoms in total. The molecule has 0 aromatic carbocycles. The van der Waals surface area contributed by atoms with Crippen molar-refractivity contribution in [3.8, 4) is 0 Å². The Morgan fingerprint density at radius 1 is 1.11 bits per heavy atom. The normalized spacial score (nSPS) is 15.9. The third-order valence-electron chi connectivity index (χ3n) is 3.68. The summed E-state index contributed by atoms with van der Waals surface area (Å²) >= 11 is 0. The number of nitrogens with zero attached hydrogens (tertiary/aromatic N) is 1. The van der Waals surface area contributed by atoms with Gasteiger partial charge in [-0.05, 0) is 26.7 Å². The minimum atomic E-state index is -0.140. The van der Waals surface area contributed by atoms with E-state index in [1.807, 2.05) is 13.8 Å². The van der Waals surface area contributed by atoms with Gasteiger partial charge in [-0.3, -0.25) is 4.79 Å². The number of hydrogen-bond acceptors (Lipinski definition) is 2. The van der Waals surface area contributed by atoms with Gasteiger partial charge in [0.05, 0.1) is 0 Å². The SMILES string of the molecule is CCN(CC)C(=O)CCNC(=O)NC1CCCCC1. The van der Waals surface area contributed by atoms with Crippen molar-refractivity contribution in [2.45, 2.75) is 58.4 Å². The molecule has 0 bridgehead atoms. The molecule has 0 aliphatic heterocycles. The van der Waals surface area contributed by atoms with E-state index in [1.165, 1.54) is 19.3 Å². The lowest BCUT2D eigenvalue weighted by atomic mass is 9.96. The Bertz CT molecular complexity index is 284. The molecule has 0 saturated heterocycles. The Labute approximate surface area is 116 Å². The quantitative estimate of drug-likeness (QED) is 0.773. The molecule has 0 radical (unpaired) electrons. The van der Waals surface area contributed by atoms with E-state index >= 15 is 0 Å². The molecule has 110 valence electrons. The van der Waals surface area contributed by atoms with Gasteiger partial charge in [0.15, 0.2) is 0 Å². The summed E-state index contributed by atoms with van der Waals surface area (Å²) in [6, 6.07) is 0.173. The Morgan fingerprint density at radius 3 is 2.32 bits per heavy atom. The van der Waals surface area contributed by atoms with Crippen molar-refractivity contribution >= 4 is 11.9 Å². The second-order valence-corrected chi connectivity index (χ2v) is 5.05. The van der Waals surface area contributed by atoms with Gasteiger partial charge in [0, 0.05) is 32.1 Å². The summed E-state index contributed by atoms with van der Waals surface area (Å²) in [5, 5.41) is 5.74. The largest absolute Gasteiger partial charge is 0.343 e. The van der Waals surface area contributed by atoms with Crippen molar-refractivity contribution < 1.29 is 9.59 Å². The van der Waals surface area contributed by atoms with E-state index in [9.17, 15) is 9.59 Å². The Kier molecular flexibility index (Phi) is 7.30. The van der Waals surface area contributed by atoms with E-state index in [0.717, 1.165) is 25.9 Å². The average Bonchev–Trinajstić information content (AvgIpc) is 2.41. The van der Waals surface area contributed by atoms with Crippen LogP contribution in [0.3, 0.4) is 0 Å². The molecule has 1 rings (SSSR count). The molecule has 3 amide bonds. The second kappa shape index (κ2) is 8.77. The van der Waals surface area contributed by atoms with Gasteiger partial charge in [0.2, 0.25) is 5.91 Å². The van der Waals surface area contributed by atoms with Crippen LogP contribution in [0.2, 0.25) is 0 Å². The summed E-state index contributed by atoms with van der Waals surface area (Å²) in [6.07, 6.45) is 6.20. The minimum Gasteiger partial charge on any atom is -0.343 e. The lowest BCUT2D eigenvalue weighted by Gasteiger charge is -2.23. The number of carbonyl (C=O) groups is 2. The summed E-state index contributed by atoms with van der Waals surface area (Å²) in [4.78, 5) is 25.2. The number of urea groups is 1. The molecule has 1 aliphatic carbocycles. The van der Waals surface area contributed by atoms with Crippen molar-refractivity contribution in [2.75, 3.05) is 19.6 Å². The zero-order valence-corrected chi connectivity index (χ0v) is 12.2. The summed E-state index contributed by atoms with van der Waals surface area (Å²) in [5.74, 6) is 0.1000. The maximum absolute atomic E-state index is 11.7. The molecule has 0 unspecified atom stereocenters. The van der Waals surface area contributed by atoms with Crippen LogP contribution in [0.15, 0.2) is 0 Å². The van der Waals surface area contributed by atoms with Crippen molar-refractivity contribution in [3.05, 3.63) is 0 Å². The molecular weight excluding hydrogens is 242 g/mol. The van der Waals surface area contributed by atoms with Gasteiger partial charge in [-0.25, -0.2) is 4.79 Å². The van der Waals surface area contributed by atoms with Crippen molar-refractivity contribution in [1.29, 1.82) is 0 Å². The Balaban J connectivity index is 2.14. The van der Waals surface area contributed by atoms with Gasteiger partial charge < -0.3 is 15.5 Å². The van der Waals surface area contributed by atoms with Crippen LogP contribution in [0, 0.1) is 0 Å². The lowest BCUT2D eigenvalue weighted by Crippen LogP contribution is -2.44. The van der Waals surface area contributed by atoms with Crippen molar-refractivity contribution in [3.63, 3.8) is 0 Å². The smallest absolute Gasteiger partial charge is 0.315 e. The van der Waals surface area contributed by atoms with Gasteiger partial charge in [-0.1, -0.05) is 19.3 Å². The fourth-order valence-corrected chi connectivity index (χ4v) is 2.50. The van der Waals surface area contributed by atoms with Crippen molar-refractivity contribution in [1.82, 2.24) is 15.5 Å².